The van der Waals surface area contributed by atoms with E-state index in [0.717, 1.165) is 0 Å². The van der Waals surface area contributed by atoms with Crippen molar-refractivity contribution in [3.8, 4) is 0 Å². The van der Waals surface area contributed by atoms with Gasteiger partial charge in [0.1, 0.15) is 30.7 Å². The molecule has 0 spiro atoms. The van der Waals surface area contributed by atoms with Crippen LogP contribution in [0, 0.1) is 11.8 Å². The molecule has 15 heteroatoms. The van der Waals surface area contributed by atoms with Crippen molar-refractivity contribution < 1.29 is 32.5 Å². The van der Waals surface area contributed by atoms with Gasteiger partial charge in [-0.05, 0) is 92.2 Å². The zero-order chi connectivity index (χ0) is 37.9. The number of ether oxygens (including phenoxy) is 5. The molecule has 3 saturated heterocycles. The maximum Gasteiger partial charge on any atom is 0.281 e. The highest BCUT2D eigenvalue weighted by Gasteiger charge is 2.58. The number of hydrogen-bond donors (Lipinski definition) is 0. The van der Waals surface area contributed by atoms with Crippen LogP contribution in [0.25, 0.3) is 11.2 Å². The first-order valence-electron chi connectivity index (χ1n) is 18.6. The third-order valence-corrected chi connectivity index (χ3v) is 22.6. The lowest BCUT2D eigenvalue weighted by molar-refractivity contribution is -0.199. The van der Waals surface area contributed by atoms with Gasteiger partial charge in [0, 0.05) is 12.5 Å². The van der Waals surface area contributed by atoms with E-state index in [9.17, 15) is 4.79 Å². The maximum atomic E-state index is 14.4. The second-order valence-corrected chi connectivity index (χ2v) is 29.0. The molecule has 0 N–H and O–H groups in total. The number of imidazole rings is 1. The van der Waals surface area contributed by atoms with Gasteiger partial charge < -0.3 is 32.5 Å². The summed E-state index contributed by atoms with van der Waals surface area (Å²) in [6.07, 6.45) is -0.0874. The lowest BCUT2D eigenvalue weighted by atomic mass is 9.99. The second kappa shape index (κ2) is 13.0. The van der Waals surface area contributed by atoms with E-state index in [1.54, 1.807) is 10.9 Å². The Hall–Kier alpha value is -1.02. The zero-order valence-electron chi connectivity index (χ0n) is 33.3. The SMILES string of the molecule is CC(C)C(C)(C)[Si](C)(C)OC[C@H]1C[C@@H](n2cnc3c(nc(Br)n3[C@@H]3O[C@H](CO[Si](C)(C)C(C)(C)C)[C@H]4OC(C)(C)O[C@H]43)c2=O)[C@@H]2OC(C)(C)O[C@H]12. The van der Waals surface area contributed by atoms with E-state index in [1.807, 2.05) is 32.3 Å². The third kappa shape index (κ3) is 7.03. The van der Waals surface area contributed by atoms with E-state index in [1.165, 1.54) is 0 Å². The molecule has 4 fully saturated rings. The summed E-state index contributed by atoms with van der Waals surface area (Å²) in [4.78, 5) is 24.0. The minimum absolute atomic E-state index is 0.0465. The van der Waals surface area contributed by atoms with Crippen LogP contribution < -0.4 is 5.56 Å². The Kier molecular flexibility index (Phi) is 10.1. The number of aromatic nitrogens is 4. The monoisotopic (exact) mass is 812 g/mol. The topological polar surface area (TPSA) is 117 Å². The normalized spacial score (nSPS) is 32.3. The van der Waals surface area contributed by atoms with Gasteiger partial charge in [0.2, 0.25) is 0 Å². The van der Waals surface area contributed by atoms with Crippen LogP contribution in [0.5, 0.6) is 0 Å². The van der Waals surface area contributed by atoms with Crippen LogP contribution in [0.15, 0.2) is 15.9 Å². The van der Waals surface area contributed by atoms with Crippen LogP contribution in [0.4, 0.5) is 0 Å². The fourth-order valence-electron chi connectivity index (χ4n) is 7.61. The van der Waals surface area contributed by atoms with E-state index in [4.69, 9.17) is 42.5 Å². The molecule has 8 atom stereocenters. The summed E-state index contributed by atoms with van der Waals surface area (Å²) in [5.74, 6) is -1.04. The minimum Gasteiger partial charge on any atom is -0.416 e. The number of rotatable bonds is 10. The molecule has 0 bridgehead atoms. The van der Waals surface area contributed by atoms with Gasteiger partial charge in [-0.1, -0.05) is 48.5 Å². The molecule has 0 amide bonds. The second-order valence-electron chi connectivity index (χ2n) is 18.9. The lowest BCUT2D eigenvalue weighted by Gasteiger charge is -2.43. The molecule has 0 unspecified atom stereocenters. The van der Waals surface area contributed by atoms with Crippen molar-refractivity contribution in [3.05, 3.63) is 21.4 Å². The van der Waals surface area contributed by atoms with Gasteiger partial charge in [-0.25, -0.2) is 9.97 Å². The Balaban J connectivity index is 1.29. The fourth-order valence-corrected chi connectivity index (χ4v) is 11.6. The van der Waals surface area contributed by atoms with Crippen molar-refractivity contribution in [1.82, 2.24) is 19.1 Å². The molecule has 6 rings (SSSR count). The highest BCUT2D eigenvalue weighted by atomic mass is 79.9. The summed E-state index contributed by atoms with van der Waals surface area (Å²) in [6.45, 7) is 33.5. The predicted octanol–water partition coefficient (Wildman–Crippen LogP) is 7.53. The Morgan fingerprint density at radius 2 is 1.47 bits per heavy atom. The molecular weight excluding hydrogens is 752 g/mol. The molecule has 51 heavy (non-hydrogen) atoms. The molecule has 5 heterocycles. The van der Waals surface area contributed by atoms with Crippen molar-refractivity contribution >= 4 is 43.7 Å². The summed E-state index contributed by atoms with van der Waals surface area (Å²) in [5.41, 5.74) is 0.406. The molecule has 12 nitrogen and oxygen atoms in total. The highest BCUT2D eigenvalue weighted by molar-refractivity contribution is 9.10. The Morgan fingerprint density at radius 3 is 2.08 bits per heavy atom. The first kappa shape index (κ1) is 39.7. The molecular formula is C36H61BrN4O8Si2. The van der Waals surface area contributed by atoms with Crippen molar-refractivity contribution in [2.45, 2.75) is 173 Å². The molecule has 4 aliphatic rings. The standard InChI is InChI=1S/C36H61BrN4O8Si2/c1-20(2)34(6,7)51(14,15)43-17-21-16-22(26-25(21)46-35(8,9)47-26)40-19-38-29-24(30(40)42)39-32(37)41(29)31-28-27(48-36(10,11)49-28)23(45-31)18-44-50(12,13)33(3,4)5/h19-23,25-28,31H,16-18H2,1-15H3/t21-,22-,23-,25-,26+,27-,28-,31-/m1/s1. The van der Waals surface area contributed by atoms with Crippen LogP contribution in [-0.2, 0) is 32.5 Å². The molecule has 2 aromatic rings. The Morgan fingerprint density at radius 1 is 0.902 bits per heavy atom. The van der Waals surface area contributed by atoms with E-state index < -0.39 is 40.5 Å². The van der Waals surface area contributed by atoms with E-state index in [-0.39, 0.29) is 57.5 Å². The van der Waals surface area contributed by atoms with Crippen molar-refractivity contribution in [2.24, 2.45) is 11.8 Å². The number of nitrogens with zero attached hydrogens (tertiary/aromatic N) is 4. The van der Waals surface area contributed by atoms with E-state index in [2.05, 4.69) is 90.6 Å². The summed E-state index contributed by atoms with van der Waals surface area (Å²) in [6, 6.07) is -0.294. The summed E-state index contributed by atoms with van der Waals surface area (Å²) >= 11 is 3.64. The molecule has 1 aliphatic carbocycles. The summed E-state index contributed by atoms with van der Waals surface area (Å²) in [5, 5.41) is 0.131. The van der Waals surface area contributed by atoms with Gasteiger partial charge in [-0.2, -0.15) is 0 Å². The van der Waals surface area contributed by atoms with Crippen LogP contribution in [0.1, 0.15) is 94.9 Å². The van der Waals surface area contributed by atoms with Crippen molar-refractivity contribution in [1.29, 1.82) is 0 Å². The minimum atomic E-state index is -2.09. The molecule has 1 saturated carbocycles. The molecule has 2 aromatic heterocycles. The largest absolute Gasteiger partial charge is 0.416 e. The van der Waals surface area contributed by atoms with Crippen molar-refractivity contribution in [3.63, 3.8) is 0 Å². The van der Waals surface area contributed by atoms with Gasteiger partial charge in [-0.15, -0.1) is 0 Å². The third-order valence-electron chi connectivity index (χ3n) is 12.9. The average Bonchev–Trinajstić information content (AvgIpc) is 3.75. The number of fused-ring (bicyclic) bond motifs is 3. The maximum absolute atomic E-state index is 14.4. The molecule has 288 valence electrons. The van der Waals surface area contributed by atoms with Crippen LogP contribution in [0.3, 0.4) is 0 Å². The summed E-state index contributed by atoms with van der Waals surface area (Å²) in [7, 11) is -4.14. The van der Waals surface area contributed by atoms with Crippen molar-refractivity contribution in [2.75, 3.05) is 13.2 Å². The van der Waals surface area contributed by atoms with Gasteiger partial charge in [-0.3, -0.25) is 13.9 Å². The predicted molar refractivity (Wildman–Crippen MR) is 204 cm³/mol. The fraction of sp³-hybridized carbons (Fsp3) is 0.861. The average molecular weight is 814 g/mol. The molecule has 0 aromatic carbocycles. The Bertz CT molecular complexity index is 1690. The van der Waals surface area contributed by atoms with E-state index in [0.29, 0.717) is 35.9 Å². The van der Waals surface area contributed by atoms with Gasteiger partial charge in [0.15, 0.2) is 50.3 Å². The lowest BCUT2D eigenvalue weighted by Crippen LogP contribution is -2.46. The van der Waals surface area contributed by atoms with Gasteiger partial charge in [0.25, 0.3) is 5.56 Å². The quantitative estimate of drug-likeness (QED) is 0.176. The summed E-state index contributed by atoms with van der Waals surface area (Å²) < 4.78 is 49.8. The van der Waals surface area contributed by atoms with Gasteiger partial charge in [0.05, 0.1) is 18.8 Å². The first-order valence-corrected chi connectivity index (χ1v) is 25.2. The highest BCUT2D eigenvalue weighted by Crippen LogP contribution is 2.50. The van der Waals surface area contributed by atoms with Crippen LogP contribution >= 0.6 is 15.9 Å². The number of halogens is 1. The van der Waals surface area contributed by atoms with Crippen LogP contribution in [0.2, 0.25) is 36.3 Å². The Labute approximate surface area is 314 Å². The smallest absolute Gasteiger partial charge is 0.281 e. The van der Waals surface area contributed by atoms with E-state index >= 15 is 0 Å². The first-order chi connectivity index (χ1) is 23.3. The molecule has 3 aliphatic heterocycles. The number of hydrogen-bond acceptors (Lipinski definition) is 10. The zero-order valence-corrected chi connectivity index (χ0v) is 36.9. The van der Waals surface area contributed by atoms with Crippen LogP contribution in [-0.4, -0.2) is 91.0 Å². The molecule has 0 radical (unpaired) electrons. The van der Waals surface area contributed by atoms with Gasteiger partial charge >= 0.3 is 0 Å².